The van der Waals surface area contributed by atoms with Gasteiger partial charge in [0.25, 0.3) is 10.0 Å². The molecule has 1 aliphatic rings. The fourth-order valence-electron chi connectivity index (χ4n) is 3.26. The van der Waals surface area contributed by atoms with Gasteiger partial charge in [0, 0.05) is 18.7 Å². The molecule has 1 N–H and O–H groups in total. The molecule has 2 aromatic carbocycles. The molecule has 1 aliphatic heterocycles. The van der Waals surface area contributed by atoms with Gasteiger partial charge >= 0.3 is 0 Å². The second-order valence-electron chi connectivity index (χ2n) is 6.74. The van der Waals surface area contributed by atoms with Crippen LogP contribution in [0.2, 0.25) is 0 Å². The average Bonchev–Trinajstić information content (AvgIpc) is 2.63. The van der Waals surface area contributed by atoms with E-state index in [-0.39, 0.29) is 10.8 Å². The minimum atomic E-state index is -3.74. The van der Waals surface area contributed by atoms with Gasteiger partial charge in [-0.25, -0.2) is 8.42 Å². The van der Waals surface area contributed by atoms with Gasteiger partial charge in [-0.3, -0.25) is 9.52 Å². The normalized spacial score (nSPS) is 14.9. The molecule has 1 saturated heterocycles. The lowest BCUT2D eigenvalue weighted by Crippen LogP contribution is -2.35. The number of benzene rings is 2. The molecule has 3 rings (SSSR count). The number of piperidine rings is 1. The van der Waals surface area contributed by atoms with Crippen LogP contribution in [0.1, 0.15) is 30.4 Å². The van der Waals surface area contributed by atoms with E-state index >= 15 is 0 Å². The zero-order chi connectivity index (χ0) is 19.6. The summed E-state index contributed by atoms with van der Waals surface area (Å²) in [7, 11) is -2.20. The number of rotatable bonds is 5. The summed E-state index contributed by atoms with van der Waals surface area (Å²) in [5.41, 5.74) is 2.87. The minimum Gasteiger partial charge on any atom is -0.496 e. The zero-order valence-corrected chi connectivity index (χ0v) is 16.6. The third kappa shape index (κ3) is 4.08. The van der Waals surface area contributed by atoms with Gasteiger partial charge in [0.2, 0.25) is 5.91 Å². The second kappa shape index (κ2) is 7.60. The number of methoxy groups -OCH3 is 1. The highest BCUT2D eigenvalue weighted by atomic mass is 32.2. The zero-order valence-electron chi connectivity index (χ0n) is 15.8. The quantitative estimate of drug-likeness (QED) is 0.849. The van der Waals surface area contributed by atoms with E-state index in [2.05, 4.69) is 4.72 Å². The Morgan fingerprint density at radius 1 is 1.04 bits per heavy atom. The van der Waals surface area contributed by atoms with Crippen molar-refractivity contribution in [1.82, 2.24) is 0 Å². The molecule has 0 radical (unpaired) electrons. The summed E-state index contributed by atoms with van der Waals surface area (Å²) < 4.78 is 33.3. The van der Waals surface area contributed by atoms with Crippen molar-refractivity contribution in [1.29, 1.82) is 0 Å². The first-order chi connectivity index (χ1) is 12.8. The van der Waals surface area contributed by atoms with Gasteiger partial charge in [0.1, 0.15) is 5.75 Å². The summed E-state index contributed by atoms with van der Waals surface area (Å²) >= 11 is 0. The summed E-state index contributed by atoms with van der Waals surface area (Å²) in [6.45, 7) is 4.37. The number of nitrogens with zero attached hydrogens (tertiary/aromatic N) is 1. The Balaban J connectivity index is 1.90. The van der Waals surface area contributed by atoms with Crippen LogP contribution < -0.4 is 14.4 Å². The number of hydrogen-bond acceptors (Lipinski definition) is 4. The number of carbonyl (C=O) groups excluding carboxylic acids is 1. The third-order valence-electron chi connectivity index (χ3n) is 4.75. The van der Waals surface area contributed by atoms with Crippen LogP contribution in [0, 0.1) is 13.8 Å². The summed E-state index contributed by atoms with van der Waals surface area (Å²) in [4.78, 5) is 14.1. The molecule has 2 aromatic rings. The Morgan fingerprint density at radius 2 is 1.81 bits per heavy atom. The number of carbonyl (C=O) groups is 1. The smallest absolute Gasteiger partial charge is 0.261 e. The number of aryl methyl sites for hydroxylation is 2. The maximum Gasteiger partial charge on any atom is 0.261 e. The molecule has 0 spiro atoms. The van der Waals surface area contributed by atoms with Crippen LogP contribution in [-0.4, -0.2) is 28.0 Å². The Kier molecular flexibility index (Phi) is 5.41. The Morgan fingerprint density at radius 3 is 2.48 bits per heavy atom. The number of ether oxygens (including phenoxy) is 1. The van der Waals surface area contributed by atoms with Crippen LogP contribution in [0.5, 0.6) is 5.75 Å². The van der Waals surface area contributed by atoms with E-state index in [1.54, 1.807) is 43.2 Å². The van der Waals surface area contributed by atoms with Crippen molar-refractivity contribution in [2.75, 3.05) is 23.3 Å². The molecule has 0 bridgehead atoms. The second-order valence-corrected chi connectivity index (χ2v) is 8.42. The SMILES string of the molecule is COc1ccc(S(=O)(=O)Nc2ccc(C)c(N3CCCCC3=O)c2)cc1C. The van der Waals surface area contributed by atoms with Crippen LogP contribution in [0.15, 0.2) is 41.3 Å². The maximum absolute atomic E-state index is 12.8. The van der Waals surface area contributed by atoms with E-state index < -0.39 is 10.0 Å². The molecule has 1 fully saturated rings. The van der Waals surface area contributed by atoms with E-state index in [1.165, 1.54) is 6.07 Å². The van der Waals surface area contributed by atoms with Gasteiger partial charge in [-0.1, -0.05) is 6.07 Å². The molecule has 6 nitrogen and oxygen atoms in total. The Bertz CT molecular complexity index is 970. The van der Waals surface area contributed by atoms with Crippen LogP contribution in [0.4, 0.5) is 11.4 Å². The predicted octanol–water partition coefficient (Wildman–Crippen LogP) is 3.63. The van der Waals surface area contributed by atoms with Gasteiger partial charge < -0.3 is 9.64 Å². The average molecular weight is 388 g/mol. The molecule has 0 aromatic heterocycles. The highest BCUT2D eigenvalue weighted by molar-refractivity contribution is 7.92. The monoisotopic (exact) mass is 388 g/mol. The predicted molar refractivity (Wildman–Crippen MR) is 106 cm³/mol. The molecular weight excluding hydrogens is 364 g/mol. The molecular formula is C20H24N2O4S. The number of sulfonamides is 1. The van der Waals surface area contributed by atoms with E-state index in [4.69, 9.17) is 4.74 Å². The Hall–Kier alpha value is -2.54. The van der Waals surface area contributed by atoms with Crippen molar-refractivity contribution in [2.45, 2.75) is 38.0 Å². The summed E-state index contributed by atoms with van der Waals surface area (Å²) in [6.07, 6.45) is 2.38. The fraction of sp³-hybridized carbons (Fsp3) is 0.350. The molecule has 1 heterocycles. The lowest BCUT2D eigenvalue weighted by Gasteiger charge is -2.28. The van der Waals surface area contributed by atoms with Crippen LogP contribution in [0.25, 0.3) is 0 Å². The lowest BCUT2D eigenvalue weighted by atomic mass is 10.1. The highest BCUT2D eigenvalue weighted by Gasteiger charge is 2.22. The van der Waals surface area contributed by atoms with E-state index in [0.717, 1.165) is 29.7 Å². The number of nitrogens with one attached hydrogen (secondary N) is 1. The molecule has 0 aliphatic carbocycles. The van der Waals surface area contributed by atoms with Crippen molar-refractivity contribution in [3.05, 3.63) is 47.5 Å². The van der Waals surface area contributed by atoms with Crippen LogP contribution in [-0.2, 0) is 14.8 Å². The summed E-state index contributed by atoms with van der Waals surface area (Å²) in [6, 6.07) is 9.99. The van der Waals surface area contributed by atoms with Crippen LogP contribution >= 0.6 is 0 Å². The van der Waals surface area contributed by atoms with E-state index in [9.17, 15) is 13.2 Å². The lowest BCUT2D eigenvalue weighted by molar-refractivity contribution is -0.119. The van der Waals surface area contributed by atoms with Crippen molar-refractivity contribution in [2.24, 2.45) is 0 Å². The molecule has 0 atom stereocenters. The first kappa shape index (κ1) is 19.2. The highest BCUT2D eigenvalue weighted by Crippen LogP contribution is 2.29. The van der Waals surface area contributed by atoms with Crippen molar-refractivity contribution in [3.63, 3.8) is 0 Å². The van der Waals surface area contributed by atoms with E-state index in [0.29, 0.717) is 24.4 Å². The molecule has 144 valence electrons. The third-order valence-corrected chi connectivity index (χ3v) is 6.13. The molecule has 0 unspecified atom stereocenters. The standard InChI is InChI=1S/C20H24N2O4S/c1-14-7-8-16(13-18(14)22-11-5-4-6-20(22)23)21-27(24,25)17-9-10-19(26-3)15(2)12-17/h7-10,12-13,21H,4-6,11H2,1-3H3. The Labute approximate surface area is 160 Å². The van der Waals surface area contributed by atoms with Crippen molar-refractivity contribution >= 4 is 27.3 Å². The topological polar surface area (TPSA) is 75.7 Å². The summed E-state index contributed by atoms with van der Waals surface area (Å²) in [5, 5.41) is 0. The van der Waals surface area contributed by atoms with Crippen LogP contribution in [0.3, 0.4) is 0 Å². The van der Waals surface area contributed by atoms with Gasteiger partial charge in [-0.2, -0.15) is 0 Å². The van der Waals surface area contributed by atoms with Gasteiger partial charge in [-0.15, -0.1) is 0 Å². The largest absolute Gasteiger partial charge is 0.496 e. The van der Waals surface area contributed by atoms with Crippen molar-refractivity contribution < 1.29 is 17.9 Å². The molecule has 7 heteroatoms. The van der Waals surface area contributed by atoms with E-state index in [1.807, 2.05) is 13.0 Å². The number of hydrogen-bond donors (Lipinski definition) is 1. The first-order valence-electron chi connectivity index (χ1n) is 8.90. The minimum absolute atomic E-state index is 0.0788. The molecule has 1 amide bonds. The molecule has 27 heavy (non-hydrogen) atoms. The van der Waals surface area contributed by atoms with Gasteiger partial charge in [0.05, 0.1) is 17.7 Å². The summed E-state index contributed by atoms with van der Waals surface area (Å²) in [5.74, 6) is 0.713. The maximum atomic E-state index is 12.8. The first-order valence-corrected chi connectivity index (χ1v) is 10.4. The molecule has 0 saturated carbocycles. The number of amides is 1. The number of anilines is 2. The van der Waals surface area contributed by atoms with Crippen molar-refractivity contribution in [3.8, 4) is 5.75 Å². The van der Waals surface area contributed by atoms with Gasteiger partial charge in [-0.05, 0) is 68.1 Å². The van der Waals surface area contributed by atoms with Gasteiger partial charge in [0.15, 0.2) is 0 Å². The fourth-order valence-corrected chi connectivity index (χ4v) is 4.39.